The van der Waals surface area contributed by atoms with Crippen molar-refractivity contribution in [2.24, 2.45) is 0 Å². The highest BCUT2D eigenvalue weighted by atomic mass is 79.9. The summed E-state index contributed by atoms with van der Waals surface area (Å²) in [5, 5.41) is 3.36. The van der Waals surface area contributed by atoms with Crippen LogP contribution in [0.3, 0.4) is 0 Å². The van der Waals surface area contributed by atoms with Crippen LogP contribution in [0.25, 0.3) is 0 Å². The summed E-state index contributed by atoms with van der Waals surface area (Å²) >= 11 is 5.26. The summed E-state index contributed by atoms with van der Waals surface area (Å²) in [6.07, 6.45) is 6.19. The summed E-state index contributed by atoms with van der Waals surface area (Å²) in [6, 6.07) is 1.87. The highest BCUT2D eigenvalue weighted by Gasteiger charge is 2.24. The molecule has 0 aromatic carbocycles. The van der Waals surface area contributed by atoms with Crippen LogP contribution in [0, 0.1) is 0 Å². The molecule has 0 aliphatic heterocycles. The maximum absolute atomic E-state index is 5.91. The number of aromatic nitrogens is 1. The van der Waals surface area contributed by atoms with Crippen LogP contribution in [0.2, 0.25) is 0 Å². The molecule has 0 aliphatic carbocycles. The Hall–Kier alpha value is -0.420. The van der Waals surface area contributed by atoms with E-state index >= 15 is 0 Å². The van der Waals surface area contributed by atoms with Crippen LogP contribution in [0.15, 0.2) is 16.7 Å². The van der Waals surface area contributed by atoms with Crippen LogP contribution in [0.5, 0.6) is 0 Å². The second-order valence-corrected chi connectivity index (χ2v) is 6.23. The average Bonchev–Trinajstić information content (AvgIpc) is 2.33. The van der Waals surface area contributed by atoms with Crippen molar-refractivity contribution in [3.63, 3.8) is 0 Å². The van der Waals surface area contributed by atoms with Gasteiger partial charge in [0, 0.05) is 22.0 Å². The molecule has 0 bridgehead atoms. The van der Waals surface area contributed by atoms with Gasteiger partial charge in [-0.2, -0.15) is 11.8 Å². The van der Waals surface area contributed by atoms with Crippen LogP contribution in [-0.2, 0) is 0 Å². The molecule has 0 aliphatic rings. The predicted molar refractivity (Wildman–Crippen MR) is 81.7 cm³/mol. The molecule has 0 unspecified atom stereocenters. The van der Waals surface area contributed by atoms with Gasteiger partial charge in [0.25, 0.3) is 0 Å². The number of nitrogens with two attached hydrogens (primary N) is 1. The number of nitrogens with zero attached hydrogens (tertiary/aromatic N) is 1. The van der Waals surface area contributed by atoms with Gasteiger partial charge < -0.3 is 11.1 Å². The van der Waals surface area contributed by atoms with Crippen molar-refractivity contribution in [2.75, 3.05) is 23.9 Å². The number of nitrogens with one attached hydrogen (secondary N) is 1. The Balaban J connectivity index is 2.72. The van der Waals surface area contributed by atoms with E-state index in [0.717, 1.165) is 29.7 Å². The Kier molecular flexibility index (Phi) is 5.59. The smallest absolute Gasteiger partial charge is 0.149 e. The first-order chi connectivity index (χ1) is 8.06. The van der Waals surface area contributed by atoms with Crippen molar-refractivity contribution in [1.82, 2.24) is 4.98 Å². The zero-order chi connectivity index (χ0) is 12.9. The van der Waals surface area contributed by atoms with E-state index in [9.17, 15) is 0 Å². The lowest BCUT2D eigenvalue weighted by atomic mass is 10.0. The van der Waals surface area contributed by atoms with Crippen molar-refractivity contribution in [3.8, 4) is 0 Å². The molecule has 0 saturated carbocycles. The number of hydrogen-bond acceptors (Lipinski definition) is 4. The van der Waals surface area contributed by atoms with E-state index in [0.29, 0.717) is 5.69 Å². The van der Waals surface area contributed by atoms with Crippen molar-refractivity contribution in [1.29, 1.82) is 0 Å². The highest BCUT2D eigenvalue weighted by Crippen LogP contribution is 2.31. The van der Waals surface area contributed by atoms with Crippen LogP contribution >= 0.6 is 27.7 Å². The Morgan fingerprint density at radius 2 is 2.12 bits per heavy atom. The number of anilines is 2. The molecular formula is C12H20BrN3S. The van der Waals surface area contributed by atoms with Crippen molar-refractivity contribution in [3.05, 3.63) is 16.7 Å². The predicted octanol–water partition coefficient (Wildman–Crippen LogP) is 3.76. The number of pyridine rings is 1. The van der Waals surface area contributed by atoms with E-state index in [-0.39, 0.29) is 4.75 Å². The molecule has 3 N–H and O–H groups in total. The average molecular weight is 318 g/mol. The van der Waals surface area contributed by atoms with Crippen molar-refractivity contribution in [2.45, 2.75) is 31.4 Å². The molecule has 0 atom stereocenters. The molecular weight excluding hydrogens is 298 g/mol. The fourth-order valence-electron chi connectivity index (χ4n) is 1.71. The summed E-state index contributed by atoms with van der Waals surface area (Å²) in [6.45, 7) is 5.33. The first-order valence-corrected chi connectivity index (χ1v) is 7.78. The minimum absolute atomic E-state index is 0.265. The molecule has 1 heterocycles. The van der Waals surface area contributed by atoms with Gasteiger partial charge in [-0.1, -0.05) is 13.8 Å². The Bertz CT molecular complexity index is 359. The van der Waals surface area contributed by atoms with Gasteiger partial charge in [-0.3, -0.25) is 0 Å². The fourth-order valence-corrected chi connectivity index (χ4v) is 2.85. The topological polar surface area (TPSA) is 50.9 Å². The summed E-state index contributed by atoms with van der Waals surface area (Å²) in [5.41, 5.74) is 6.60. The van der Waals surface area contributed by atoms with Gasteiger partial charge >= 0.3 is 0 Å². The zero-order valence-electron chi connectivity index (χ0n) is 10.6. The SMILES string of the molecule is CCC(CC)(CNc1ncc(Br)cc1N)SC. The van der Waals surface area contributed by atoms with Crippen molar-refractivity contribution < 1.29 is 0 Å². The lowest BCUT2D eigenvalue weighted by molar-refractivity contribution is 0.574. The highest BCUT2D eigenvalue weighted by molar-refractivity contribution is 9.10. The van der Waals surface area contributed by atoms with Gasteiger partial charge in [0.15, 0.2) is 0 Å². The molecule has 17 heavy (non-hydrogen) atoms. The maximum atomic E-state index is 5.91. The molecule has 0 saturated heterocycles. The van der Waals surface area contributed by atoms with Gasteiger partial charge in [0.05, 0.1) is 5.69 Å². The third kappa shape index (κ3) is 3.78. The van der Waals surface area contributed by atoms with Gasteiger partial charge in [0.1, 0.15) is 5.82 Å². The van der Waals surface area contributed by atoms with Gasteiger partial charge in [0.2, 0.25) is 0 Å². The number of hydrogen-bond donors (Lipinski definition) is 2. The summed E-state index contributed by atoms with van der Waals surface area (Å²) in [7, 11) is 0. The normalized spacial score (nSPS) is 11.5. The second kappa shape index (κ2) is 6.50. The van der Waals surface area contributed by atoms with E-state index < -0.39 is 0 Å². The lowest BCUT2D eigenvalue weighted by Crippen LogP contribution is -2.32. The Labute approximate surface area is 116 Å². The zero-order valence-corrected chi connectivity index (χ0v) is 13.0. The monoisotopic (exact) mass is 317 g/mol. The Morgan fingerprint density at radius 1 is 1.47 bits per heavy atom. The minimum atomic E-state index is 0.265. The molecule has 96 valence electrons. The second-order valence-electron chi connectivity index (χ2n) is 4.04. The molecule has 0 fully saturated rings. The molecule has 3 nitrogen and oxygen atoms in total. The largest absolute Gasteiger partial charge is 0.396 e. The van der Waals surface area contributed by atoms with Crippen LogP contribution in [0.4, 0.5) is 11.5 Å². The quantitative estimate of drug-likeness (QED) is 0.838. The molecule has 1 aromatic heterocycles. The fraction of sp³-hybridized carbons (Fsp3) is 0.583. The third-order valence-corrected chi connectivity index (χ3v) is 5.20. The number of thioether (sulfide) groups is 1. The Morgan fingerprint density at radius 3 is 2.59 bits per heavy atom. The molecule has 0 spiro atoms. The maximum Gasteiger partial charge on any atom is 0.149 e. The van der Waals surface area contributed by atoms with E-state index in [2.05, 4.69) is 46.3 Å². The molecule has 0 radical (unpaired) electrons. The van der Waals surface area contributed by atoms with Crippen molar-refractivity contribution >= 4 is 39.2 Å². The molecule has 5 heteroatoms. The van der Waals surface area contributed by atoms with Crippen LogP contribution < -0.4 is 11.1 Å². The first-order valence-electron chi connectivity index (χ1n) is 5.77. The van der Waals surface area contributed by atoms with Gasteiger partial charge in [-0.25, -0.2) is 4.98 Å². The van der Waals surface area contributed by atoms with E-state index in [1.165, 1.54) is 0 Å². The lowest BCUT2D eigenvalue weighted by Gasteiger charge is -2.30. The van der Waals surface area contributed by atoms with E-state index in [4.69, 9.17) is 5.73 Å². The summed E-state index contributed by atoms with van der Waals surface area (Å²) in [5.74, 6) is 0.772. The van der Waals surface area contributed by atoms with Gasteiger partial charge in [-0.15, -0.1) is 0 Å². The number of halogens is 1. The van der Waals surface area contributed by atoms with Crippen LogP contribution in [-0.4, -0.2) is 22.5 Å². The molecule has 0 amide bonds. The van der Waals surface area contributed by atoms with Gasteiger partial charge in [-0.05, 0) is 41.1 Å². The number of rotatable bonds is 6. The third-order valence-electron chi connectivity index (χ3n) is 3.18. The van der Waals surface area contributed by atoms with Crippen LogP contribution in [0.1, 0.15) is 26.7 Å². The number of nitrogen functional groups attached to an aromatic ring is 1. The summed E-state index contributed by atoms with van der Waals surface area (Å²) < 4.78 is 1.17. The molecule has 1 aromatic rings. The van der Waals surface area contributed by atoms with E-state index in [1.54, 1.807) is 6.20 Å². The van der Waals surface area contributed by atoms with E-state index in [1.807, 2.05) is 17.8 Å². The molecule has 1 rings (SSSR count). The standard InChI is InChI=1S/C12H20BrN3S/c1-4-12(5-2,17-3)8-16-11-10(14)6-9(13)7-15-11/h6-7H,4-5,8,14H2,1-3H3,(H,15,16). The minimum Gasteiger partial charge on any atom is -0.396 e. The summed E-state index contributed by atoms with van der Waals surface area (Å²) in [4.78, 5) is 4.29. The first kappa shape index (κ1) is 14.6.